The van der Waals surface area contributed by atoms with Crippen LogP contribution in [0.3, 0.4) is 0 Å². The standard InChI is InChI=1S/C58H38N2S/c1-5-16-39(17-6-1)48-36-50(57(43-20-9-3-10-21-43)51(37-48)47-32-33-56-52(35-47)49-26-13-14-27-55(49)61-56)46-25-15-24-45(34-46)40-28-30-42(31-29-40)54-38-53(41-18-7-2-8-19-41)59-58(60-54)44-22-11-4-12-23-44/h1-38H. The normalized spacial score (nSPS) is 11.3. The van der Waals surface area contributed by atoms with Crippen molar-refractivity contribution in [3.05, 3.63) is 231 Å². The summed E-state index contributed by atoms with van der Waals surface area (Å²) in [6.07, 6.45) is 0. The van der Waals surface area contributed by atoms with Crippen molar-refractivity contribution in [3.8, 4) is 89.5 Å². The number of hydrogen-bond donors (Lipinski definition) is 0. The Bertz CT molecular complexity index is 3260. The maximum atomic E-state index is 5.08. The zero-order valence-electron chi connectivity index (χ0n) is 33.2. The summed E-state index contributed by atoms with van der Waals surface area (Å²) >= 11 is 1.86. The number of thiophene rings is 1. The first-order valence-corrected chi connectivity index (χ1v) is 21.5. The summed E-state index contributed by atoms with van der Waals surface area (Å²) in [6, 6.07) is 82.6. The monoisotopic (exact) mass is 794 g/mol. The van der Waals surface area contributed by atoms with Crippen LogP contribution in [0.2, 0.25) is 0 Å². The van der Waals surface area contributed by atoms with Gasteiger partial charge in [0.25, 0.3) is 0 Å². The first kappa shape index (κ1) is 36.4. The van der Waals surface area contributed by atoms with Gasteiger partial charge in [-0.3, -0.25) is 0 Å². The highest BCUT2D eigenvalue weighted by molar-refractivity contribution is 7.25. The van der Waals surface area contributed by atoms with Gasteiger partial charge in [0.1, 0.15) is 0 Å². The summed E-state index contributed by atoms with van der Waals surface area (Å²) < 4.78 is 2.62. The van der Waals surface area contributed by atoms with Gasteiger partial charge in [-0.2, -0.15) is 0 Å². The van der Waals surface area contributed by atoms with E-state index in [-0.39, 0.29) is 0 Å². The molecule has 2 nitrogen and oxygen atoms in total. The molecule has 0 saturated carbocycles. The van der Waals surface area contributed by atoms with Crippen LogP contribution in [-0.4, -0.2) is 9.97 Å². The molecule has 0 aliphatic heterocycles. The minimum absolute atomic E-state index is 0.712. The second kappa shape index (κ2) is 15.8. The number of aromatic nitrogens is 2. The van der Waals surface area contributed by atoms with Crippen LogP contribution in [0.5, 0.6) is 0 Å². The van der Waals surface area contributed by atoms with Gasteiger partial charge >= 0.3 is 0 Å². The molecule has 0 spiro atoms. The Labute approximate surface area is 359 Å². The van der Waals surface area contributed by atoms with Crippen molar-refractivity contribution in [3.63, 3.8) is 0 Å². The van der Waals surface area contributed by atoms with Crippen molar-refractivity contribution < 1.29 is 0 Å². The zero-order valence-corrected chi connectivity index (χ0v) is 34.1. The average Bonchev–Trinajstić information content (AvgIpc) is 3.73. The molecule has 61 heavy (non-hydrogen) atoms. The lowest BCUT2D eigenvalue weighted by Crippen LogP contribution is -1.95. The molecule has 0 aliphatic rings. The Morgan fingerprint density at radius 2 is 0.721 bits per heavy atom. The molecule has 9 aromatic carbocycles. The molecular formula is C58H38N2S. The van der Waals surface area contributed by atoms with E-state index in [2.05, 4.69) is 206 Å². The molecule has 2 heterocycles. The summed E-state index contributed by atoms with van der Waals surface area (Å²) in [5.41, 5.74) is 16.7. The molecule has 0 bridgehead atoms. The Hall–Kier alpha value is -7.72. The lowest BCUT2D eigenvalue weighted by Gasteiger charge is -2.20. The summed E-state index contributed by atoms with van der Waals surface area (Å²) in [4.78, 5) is 10.1. The first-order valence-electron chi connectivity index (χ1n) is 20.6. The second-order valence-electron chi connectivity index (χ2n) is 15.3. The molecule has 0 radical (unpaired) electrons. The van der Waals surface area contributed by atoms with E-state index in [0.717, 1.165) is 44.8 Å². The molecule has 2 aromatic heterocycles. The van der Waals surface area contributed by atoms with Gasteiger partial charge in [0.05, 0.1) is 11.4 Å². The van der Waals surface area contributed by atoms with Crippen LogP contribution in [0.25, 0.3) is 110 Å². The van der Waals surface area contributed by atoms with E-state index in [0.29, 0.717) is 5.82 Å². The zero-order chi connectivity index (χ0) is 40.5. The van der Waals surface area contributed by atoms with E-state index in [1.807, 2.05) is 35.6 Å². The Kier molecular flexibility index (Phi) is 9.42. The summed E-state index contributed by atoms with van der Waals surface area (Å²) in [6.45, 7) is 0. The van der Waals surface area contributed by atoms with Crippen LogP contribution in [0.1, 0.15) is 0 Å². The number of fused-ring (bicyclic) bond motifs is 3. The molecule has 0 fully saturated rings. The highest BCUT2D eigenvalue weighted by Gasteiger charge is 2.19. The summed E-state index contributed by atoms with van der Waals surface area (Å²) in [7, 11) is 0. The van der Waals surface area contributed by atoms with Crippen LogP contribution in [-0.2, 0) is 0 Å². The van der Waals surface area contributed by atoms with Crippen LogP contribution in [0.4, 0.5) is 0 Å². The Morgan fingerprint density at radius 3 is 1.39 bits per heavy atom. The molecule has 0 amide bonds. The van der Waals surface area contributed by atoms with Gasteiger partial charge in [0.2, 0.25) is 0 Å². The molecule has 286 valence electrons. The quantitative estimate of drug-likeness (QED) is 0.153. The van der Waals surface area contributed by atoms with Crippen LogP contribution < -0.4 is 0 Å². The van der Waals surface area contributed by atoms with E-state index >= 15 is 0 Å². The fraction of sp³-hybridized carbons (Fsp3) is 0. The van der Waals surface area contributed by atoms with E-state index in [4.69, 9.17) is 9.97 Å². The highest BCUT2D eigenvalue weighted by atomic mass is 32.1. The highest BCUT2D eigenvalue weighted by Crippen LogP contribution is 2.46. The van der Waals surface area contributed by atoms with Crippen molar-refractivity contribution in [2.75, 3.05) is 0 Å². The van der Waals surface area contributed by atoms with Crippen LogP contribution in [0.15, 0.2) is 231 Å². The number of rotatable bonds is 8. The minimum atomic E-state index is 0.712. The van der Waals surface area contributed by atoms with Crippen molar-refractivity contribution in [2.24, 2.45) is 0 Å². The van der Waals surface area contributed by atoms with E-state index in [1.54, 1.807) is 0 Å². The molecule has 0 aliphatic carbocycles. The third-order valence-corrected chi connectivity index (χ3v) is 12.7. The molecule has 0 N–H and O–H groups in total. The average molecular weight is 795 g/mol. The summed E-state index contributed by atoms with van der Waals surface area (Å²) in [5.74, 6) is 0.712. The third-order valence-electron chi connectivity index (χ3n) is 11.5. The third kappa shape index (κ3) is 7.12. The maximum Gasteiger partial charge on any atom is 0.160 e. The smallest absolute Gasteiger partial charge is 0.160 e. The number of benzene rings is 9. The molecule has 11 aromatic rings. The molecule has 3 heteroatoms. The maximum absolute atomic E-state index is 5.08. The van der Waals surface area contributed by atoms with Gasteiger partial charge in [0, 0.05) is 36.9 Å². The fourth-order valence-electron chi connectivity index (χ4n) is 8.47. The van der Waals surface area contributed by atoms with E-state index < -0.39 is 0 Å². The largest absolute Gasteiger partial charge is 0.228 e. The van der Waals surface area contributed by atoms with Gasteiger partial charge in [-0.1, -0.05) is 188 Å². The topological polar surface area (TPSA) is 25.8 Å². The van der Waals surface area contributed by atoms with Crippen LogP contribution >= 0.6 is 11.3 Å². The van der Waals surface area contributed by atoms with Crippen molar-refractivity contribution in [1.29, 1.82) is 0 Å². The van der Waals surface area contributed by atoms with Crippen molar-refractivity contribution in [2.45, 2.75) is 0 Å². The molecule has 0 atom stereocenters. The second-order valence-corrected chi connectivity index (χ2v) is 16.4. The molecular weight excluding hydrogens is 757 g/mol. The lowest BCUT2D eigenvalue weighted by molar-refractivity contribution is 1.18. The fourth-order valence-corrected chi connectivity index (χ4v) is 9.56. The predicted molar refractivity (Wildman–Crippen MR) is 258 cm³/mol. The van der Waals surface area contributed by atoms with Crippen molar-refractivity contribution >= 4 is 31.5 Å². The SMILES string of the molecule is c1ccc(-c2cc(-c3cccc(-c4ccc(-c5cc(-c6ccccc6)nc(-c6ccccc6)n5)cc4)c3)c(-c3ccccc3)c(-c3ccc4sc5ccccc5c4c3)c2)cc1. The first-order chi connectivity index (χ1) is 30.2. The molecule has 11 rings (SSSR count). The van der Waals surface area contributed by atoms with E-state index in [1.165, 1.54) is 59.1 Å². The minimum Gasteiger partial charge on any atom is -0.228 e. The predicted octanol–water partition coefficient (Wildman–Crippen LogP) is 16.2. The Balaban J connectivity index is 1.04. The van der Waals surface area contributed by atoms with Gasteiger partial charge in [-0.15, -0.1) is 11.3 Å². The number of hydrogen-bond acceptors (Lipinski definition) is 3. The molecule has 0 unspecified atom stereocenters. The Morgan fingerprint density at radius 1 is 0.262 bits per heavy atom. The van der Waals surface area contributed by atoms with Gasteiger partial charge in [0.15, 0.2) is 5.82 Å². The van der Waals surface area contributed by atoms with Gasteiger partial charge < -0.3 is 0 Å². The number of nitrogens with zero attached hydrogens (tertiary/aromatic N) is 2. The lowest BCUT2D eigenvalue weighted by atomic mass is 9.84. The van der Waals surface area contributed by atoms with Crippen LogP contribution in [0, 0.1) is 0 Å². The van der Waals surface area contributed by atoms with Crippen molar-refractivity contribution in [1.82, 2.24) is 9.97 Å². The van der Waals surface area contributed by atoms with E-state index in [9.17, 15) is 0 Å². The summed E-state index contributed by atoms with van der Waals surface area (Å²) in [5, 5.41) is 2.60. The van der Waals surface area contributed by atoms with Gasteiger partial charge in [-0.25, -0.2) is 9.97 Å². The van der Waals surface area contributed by atoms with Gasteiger partial charge in [-0.05, 0) is 98.1 Å². The molecule has 0 saturated heterocycles.